The molecule has 0 aliphatic carbocycles. The number of morpholine rings is 1. The molecule has 0 radical (unpaired) electrons. The van der Waals surface area contributed by atoms with Crippen molar-refractivity contribution in [2.45, 2.75) is 25.5 Å². The van der Waals surface area contributed by atoms with Crippen molar-refractivity contribution < 1.29 is 4.74 Å². The van der Waals surface area contributed by atoms with Crippen molar-refractivity contribution in [3.63, 3.8) is 0 Å². The van der Waals surface area contributed by atoms with Crippen LogP contribution in [-0.2, 0) is 11.3 Å². The second kappa shape index (κ2) is 13.3. The fourth-order valence-electron chi connectivity index (χ4n) is 4.17. The van der Waals surface area contributed by atoms with Gasteiger partial charge in [0.05, 0.1) is 12.7 Å². The standard InChI is InChI=1S/C27H33N5O.HI/c1-21-20-32(15-16-33-21)26-17-22(13-14-29-26)18-30-27(28-2)31-19-25(23-9-5-3-6-10-23)24-11-7-4-8-12-24;/h3-14,17,21,25H,15-16,18-20H2,1-2H3,(H2,28,30,31);1H. The predicted molar refractivity (Wildman–Crippen MR) is 150 cm³/mol. The van der Waals surface area contributed by atoms with E-state index in [4.69, 9.17) is 4.74 Å². The first-order valence-corrected chi connectivity index (χ1v) is 11.6. The molecule has 6 nitrogen and oxygen atoms in total. The van der Waals surface area contributed by atoms with Crippen molar-refractivity contribution in [3.8, 4) is 0 Å². The fourth-order valence-corrected chi connectivity index (χ4v) is 4.17. The lowest BCUT2D eigenvalue weighted by atomic mass is 9.91. The van der Waals surface area contributed by atoms with Gasteiger partial charge in [0.2, 0.25) is 0 Å². The summed E-state index contributed by atoms with van der Waals surface area (Å²) < 4.78 is 5.66. The summed E-state index contributed by atoms with van der Waals surface area (Å²) in [4.78, 5) is 11.3. The SMILES string of the molecule is CN=C(NCc1ccnc(N2CCOC(C)C2)c1)NCC(c1ccccc1)c1ccccc1.I. The van der Waals surface area contributed by atoms with Crippen LogP contribution < -0.4 is 15.5 Å². The molecule has 0 spiro atoms. The number of hydrogen-bond acceptors (Lipinski definition) is 4. The van der Waals surface area contributed by atoms with Gasteiger partial charge in [-0.05, 0) is 35.7 Å². The van der Waals surface area contributed by atoms with E-state index in [1.165, 1.54) is 16.7 Å². The third-order valence-electron chi connectivity index (χ3n) is 5.94. The van der Waals surface area contributed by atoms with Crippen LogP contribution in [-0.4, -0.2) is 50.3 Å². The maximum atomic E-state index is 5.66. The molecule has 7 heteroatoms. The Balaban J connectivity index is 0.00000324. The average Bonchev–Trinajstić information content (AvgIpc) is 2.87. The molecule has 3 aromatic rings. The number of anilines is 1. The normalized spacial score (nSPS) is 16.1. The average molecular weight is 572 g/mol. The number of aliphatic imine (C=N–C) groups is 1. The first kappa shape index (κ1) is 26.0. The lowest BCUT2D eigenvalue weighted by molar-refractivity contribution is 0.0529. The van der Waals surface area contributed by atoms with Crippen LogP contribution >= 0.6 is 24.0 Å². The number of guanidine groups is 1. The molecule has 1 aliphatic rings. The number of pyridine rings is 1. The third kappa shape index (κ3) is 7.17. The smallest absolute Gasteiger partial charge is 0.191 e. The van der Waals surface area contributed by atoms with Gasteiger partial charge in [-0.3, -0.25) is 4.99 Å². The minimum atomic E-state index is 0. The Morgan fingerprint density at radius 2 is 1.74 bits per heavy atom. The minimum Gasteiger partial charge on any atom is -0.375 e. The van der Waals surface area contributed by atoms with E-state index in [0.29, 0.717) is 6.54 Å². The zero-order valence-corrected chi connectivity index (χ0v) is 22.2. The third-order valence-corrected chi connectivity index (χ3v) is 5.94. The number of nitrogens with zero attached hydrogens (tertiary/aromatic N) is 3. The number of nitrogens with one attached hydrogen (secondary N) is 2. The minimum absolute atomic E-state index is 0. The van der Waals surface area contributed by atoms with Gasteiger partial charge in [0.25, 0.3) is 0 Å². The molecule has 0 bridgehead atoms. The zero-order chi connectivity index (χ0) is 22.9. The summed E-state index contributed by atoms with van der Waals surface area (Å²) in [5.41, 5.74) is 3.74. The second-order valence-electron chi connectivity index (χ2n) is 8.33. The molecular weight excluding hydrogens is 537 g/mol. The highest BCUT2D eigenvalue weighted by Gasteiger charge is 2.18. The number of ether oxygens (including phenoxy) is 1. The largest absolute Gasteiger partial charge is 0.375 e. The molecular formula is C27H34IN5O. The topological polar surface area (TPSA) is 61.8 Å². The van der Waals surface area contributed by atoms with Gasteiger partial charge in [0, 0.05) is 45.3 Å². The van der Waals surface area contributed by atoms with Crippen molar-refractivity contribution in [1.82, 2.24) is 15.6 Å². The summed E-state index contributed by atoms with van der Waals surface area (Å²) >= 11 is 0. The van der Waals surface area contributed by atoms with Gasteiger partial charge in [0.15, 0.2) is 5.96 Å². The second-order valence-corrected chi connectivity index (χ2v) is 8.33. The summed E-state index contributed by atoms with van der Waals surface area (Å²) in [5.74, 6) is 2.02. The van der Waals surface area contributed by atoms with Gasteiger partial charge in [-0.15, -0.1) is 24.0 Å². The van der Waals surface area contributed by atoms with Crippen LogP contribution in [0, 0.1) is 0 Å². The molecule has 2 heterocycles. The summed E-state index contributed by atoms with van der Waals surface area (Å²) in [6, 6.07) is 25.4. The quantitative estimate of drug-likeness (QED) is 0.250. The van der Waals surface area contributed by atoms with Gasteiger partial charge < -0.3 is 20.3 Å². The number of aromatic nitrogens is 1. The van der Waals surface area contributed by atoms with E-state index in [9.17, 15) is 0 Å². The lowest BCUT2D eigenvalue weighted by Crippen LogP contribution is -2.41. The lowest BCUT2D eigenvalue weighted by Gasteiger charge is -2.32. The van der Waals surface area contributed by atoms with Crippen molar-refractivity contribution >= 4 is 35.8 Å². The summed E-state index contributed by atoms with van der Waals surface area (Å²) in [6.45, 7) is 6.01. The molecule has 1 saturated heterocycles. The van der Waals surface area contributed by atoms with Crippen molar-refractivity contribution in [1.29, 1.82) is 0 Å². The molecule has 180 valence electrons. The van der Waals surface area contributed by atoms with Crippen LogP contribution in [0.1, 0.15) is 29.5 Å². The molecule has 2 N–H and O–H groups in total. The summed E-state index contributed by atoms with van der Waals surface area (Å²) in [5, 5.41) is 6.97. The molecule has 4 rings (SSSR count). The first-order chi connectivity index (χ1) is 16.2. The van der Waals surface area contributed by atoms with E-state index in [-0.39, 0.29) is 36.0 Å². The Morgan fingerprint density at radius 1 is 1.06 bits per heavy atom. The molecule has 1 atom stereocenters. The highest BCUT2D eigenvalue weighted by Crippen LogP contribution is 2.23. The molecule has 0 saturated carbocycles. The molecule has 1 unspecified atom stereocenters. The van der Waals surface area contributed by atoms with Crippen LogP contribution in [0.25, 0.3) is 0 Å². The maximum absolute atomic E-state index is 5.66. The number of rotatable bonds is 7. The maximum Gasteiger partial charge on any atom is 0.191 e. The number of hydrogen-bond donors (Lipinski definition) is 2. The molecule has 1 fully saturated rings. The Bertz CT molecular complexity index is 992. The molecule has 1 aliphatic heterocycles. The fraction of sp³-hybridized carbons (Fsp3) is 0.333. The van der Waals surface area contributed by atoms with E-state index in [2.05, 4.69) is 99.2 Å². The van der Waals surface area contributed by atoms with Gasteiger partial charge in [0.1, 0.15) is 5.82 Å². The molecule has 34 heavy (non-hydrogen) atoms. The Hall–Kier alpha value is -2.65. The predicted octanol–water partition coefficient (Wildman–Crippen LogP) is 4.42. The van der Waals surface area contributed by atoms with Crippen molar-refractivity contribution in [2.75, 3.05) is 38.2 Å². The van der Waals surface area contributed by atoms with Gasteiger partial charge in [-0.25, -0.2) is 4.98 Å². The Labute approximate surface area is 219 Å². The monoisotopic (exact) mass is 571 g/mol. The zero-order valence-electron chi connectivity index (χ0n) is 19.9. The van der Waals surface area contributed by atoms with Crippen LogP contribution in [0.15, 0.2) is 84.0 Å². The number of benzene rings is 2. The van der Waals surface area contributed by atoms with Crippen LogP contribution in [0.4, 0.5) is 5.82 Å². The van der Waals surface area contributed by atoms with Crippen LogP contribution in [0.3, 0.4) is 0 Å². The Kier molecular flexibility index (Phi) is 10.2. The molecule has 0 amide bonds. The van der Waals surface area contributed by atoms with Gasteiger partial charge >= 0.3 is 0 Å². The molecule has 1 aromatic heterocycles. The van der Waals surface area contributed by atoms with Gasteiger partial charge in [-0.1, -0.05) is 60.7 Å². The first-order valence-electron chi connectivity index (χ1n) is 11.6. The van der Waals surface area contributed by atoms with Gasteiger partial charge in [-0.2, -0.15) is 0 Å². The van der Waals surface area contributed by atoms with E-state index in [0.717, 1.165) is 38.0 Å². The summed E-state index contributed by atoms with van der Waals surface area (Å²) in [6.07, 6.45) is 2.11. The van der Waals surface area contributed by atoms with Crippen LogP contribution in [0.2, 0.25) is 0 Å². The van der Waals surface area contributed by atoms with E-state index < -0.39 is 0 Å². The van der Waals surface area contributed by atoms with E-state index in [1.807, 2.05) is 19.3 Å². The van der Waals surface area contributed by atoms with Crippen LogP contribution in [0.5, 0.6) is 0 Å². The Morgan fingerprint density at radius 3 is 2.35 bits per heavy atom. The highest BCUT2D eigenvalue weighted by molar-refractivity contribution is 14.0. The highest BCUT2D eigenvalue weighted by atomic mass is 127. The van der Waals surface area contributed by atoms with E-state index >= 15 is 0 Å². The van der Waals surface area contributed by atoms with Crippen molar-refractivity contribution in [3.05, 3.63) is 95.7 Å². The van der Waals surface area contributed by atoms with Crippen molar-refractivity contribution in [2.24, 2.45) is 4.99 Å². The van der Waals surface area contributed by atoms with E-state index in [1.54, 1.807) is 0 Å². The number of halogens is 1. The molecule has 2 aromatic carbocycles. The summed E-state index contributed by atoms with van der Waals surface area (Å²) in [7, 11) is 1.81.